The molecule has 1 atom stereocenters. The minimum atomic E-state index is -0.427. The van der Waals surface area contributed by atoms with Crippen molar-refractivity contribution in [2.75, 3.05) is 6.54 Å². The first-order valence-corrected chi connectivity index (χ1v) is 6.42. The van der Waals surface area contributed by atoms with Crippen molar-refractivity contribution < 1.29 is 8.78 Å². The maximum absolute atomic E-state index is 13.6. The maximum Gasteiger partial charge on any atom is 0.126 e. The standard InChI is InChI=1S/C12H13F2N3S/c1-2-15-11(12-7-16-17-18-12)6-8-5-9(13)3-4-10(8)14/h3-5,7,11,15H,2,6H2,1H3. The summed E-state index contributed by atoms with van der Waals surface area (Å²) in [6, 6.07) is 3.41. The number of likely N-dealkylation sites (N-methyl/N-ethyl adjacent to an activating group) is 1. The normalized spacial score (nSPS) is 12.6. The van der Waals surface area contributed by atoms with Crippen molar-refractivity contribution in [1.82, 2.24) is 14.9 Å². The summed E-state index contributed by atoms with van der Waals surface area (Å²) in [7, 11) is 0. The Morgan fingerprint density at radius 2 is 2.22 bits per heavy atom. The fourth-order valence-electron chi connectivity index (χ4n) is 1.77. The van der Waals surface area contributed by atoms with Crippen LogP contribution in [-0.2, 0) is 6.42 Å². The van der Waals surface area contributed by atoms with Crippen LogP contribution in [0.15, 0.2) is 24.4 Å². The van der Waals surface area contributed by atoms with Crippen LogP contribution in [-0.4, -0.2) is 16.1 Å². The predicted octanol–water partition coefficient (Wildman–Crippen LogP) is 2.71. The third-order valence-electron chi connectivity index (χ3n) is 2.60. The average molecular weight is 269 g/mol. The van der Waals surface area contributed by atoms with Gasteiger partial charge in [-0.1, -0.05) is 11.4 Å². The maximum atomic E-state index is 13.6. The van der Waals surface area contributed by atoms with Crippen LogP contribution in [0, 0.1) is 11.6 Å². The van der Waals surface area contributed by atoms with E-state index >= 15 is 0 Å². The van der Waals surface area contributed by atoms with Gasteiger partial charge in [0.05, 0.1) is 11.1 Å². The number of halogens is 2. The number of aromatic nitrogens is 2. The molecule has 0 amide bonds. The van der Waals surface area contributed by atoms with E-state index in [9.17, 15) is 8.78 Å². The van der Waals surface area contributed by atoms with Crippen LogP contribution >= 0.6 is 11.5 Å². The predicted molar refractivity (Wildman–Crippen MR) is 66.4 cm³/mol. The molecule has 0 radical (unpaired) electrons. The molecule has 0 aliphatic carbocycles. The zero-order chi connectivity index (χ0) is 13.0. The first kappa shape index (κ1) is 13.0. The Morgan fingerprint density at radius 3 is 2.89 bits per heavy atom. The second-order valence-corrected chi connectivity index (χ2v) is 4.69. The number of rotatable bonds is 5. The fraction of sp³-hybridized carbons (Fsp3) is 0.333. The molecule has 1 unspecified atom stereocenters. The molecule has 96 valence electrons. The molecule has 2 rings (SSSR count). The van der Waals surface area contributed by atoms with Crippen LogP contribution in [0.4, 0.5) is 8.78 Å². The second-order valence-electron chi connectivity index (χ2n) is 3.87. The van der Waals surface area contributed by atoms with Crippen LogP contribution < -0.4 is 5.32 Å². The Hall–Kier alpha value is -1.40. The highest BCUT2D eigenvalue weighted by atomic mass is 32.1. The van der Waals surface area contributed by atoms with Gasteiger partial charge < -0.3 is 5.32 Å². The number of hydrogen-bond acceptors (Lipinski definition) is 4. The Bertz CT molecular complexity index is 502. The molecule has 3 nitrogen and oxygen atoms in total. The van der Waals surface area contributed by atoms with E-state index in [0.29, 0.717) is 12.0 Å². The number of benzene rings is 1. The van der Waals surface area contributed by atoms with Crippen LogP contribution in [0.2, 0.25) is 0 Å². The summed E-state index contributed by atoms with van der Waals surface area (Å²) in [4.78, 5) is 0.917. The highest BCUT2D eigenvalue weighted by Crippen LogP contribution is 2.22. The van der Waals surface area contributed by atoms with Crippen LogP contribution in [0.1, 0.15) is 23.4 Å². The van der Waals surface area contributed by atoms with Gasteiger partial charge in [0.2, 0.25) is 0 Å². The highest BCUT2D eigenvalue weighted by Gasteiger charge is 2.16. The van der Waals surface area contributed by atoms with E-state index in [1.165, 1.54) is 17.6 Å². The molecule has 0 fully saturated rings. The van der Waals surface area contributed by atoms with E-state index in [4.69, 9.17) is 0 Å². The Labute approximate surface area is 108 Å². The smallest absolute Gasteiger partial charge is 0.126 e. The summed E-state index contributed by atoms with van der Waals surface area (Å²) in [5.74, 6) is -0.819. The lowest BCUT2D eigenvalue weighted by Crippen LogP contribution is -2.22. The summed E-state index contributed by atoms with van der Waals surface area (Å²) in [5.41, 5.74) is 0.356. The van der Waals surface area contributed by atoms with Gasteiger partial charge in [-0.2, -0.15) is 0 Å². The van der Waals surface area contributed by atoms with E-state index < -0.39 is 11.6 Å². The molecule has 0 bridgehead atoms. The highest BCUT2D eigenvalue weighted by molar-refractivity contribution is 7.05. The molecule has 1 aromatic carbocycles. The van der Waals surface area contributed by atoms with Crippen molar-refractivity contribution in [2.45, 2.75) is 19.4 Å². The lowest BCUT2D eigenvalue weighted by Gasteiger charge is -2.15. The first-order chi connectivity index (χ1) is 8.70. The summed E-state index contributed by atoms with van der Waals surface area (Å²) >= 11 is 1.26. The molecule has 0 saturated carbocycles. The Morgan fingerprint density at radius 1 is 1.39 bits per heavy atom. The van der Waals surface area contributed by atoms with Crippen LogP contribution in [0.25, 0.3) is 0 Å². The summed E-state index contributed by atoms with van der Waals surface area (Å²) in [5, 5.41) is 6.99. The van der Waals surface area contributed by atoms with Crippen LogP contribution in [0.5, 0.6) is 0 Å². The number of hydrogen-bond donors (Lipinski definition) is 1. The van der Waals surface area contributed by atoms with Crippen molar-refractivity contribution in [3.8, 4) is 0 Å². The van der Waals surface area contributed by atoms with Gasteiger partial charge in [-0.25, -0.2) is 8.78 Å². The monoisotopic (exact) mass is 269 g/mol. The largest absolute Gasteiger partial charge is 0.309 e. The van der Waals surface area contributed by atoms with Crippen LogP contribution in [0.3, 0.4) is 0 Å². The van der Waals surface area contributed by atoms with Gasteiger partial charge in [-0.15, -0.1) is 5.10 Å². The summed E-state index contributed by atoms with van der Waals surface area (Å²) < 4.78 is 30.5. The van der Waals surface area contributed by atoms with Gasteiger partial charge in [-0.05, 0) is 48.3 Å². The van der Waals surface area contributed by atoms with Gasteiger partial charge in [-0.3, -0.25) is 0 Å². The fourth-order valence-corrected chi connectivity index (χ4v) is 2.34. The molecule has 0 aliphatic heterocycles. The molecule has 0 aliphatic rings. The van der Waals surface area contributed by atoms with Gasteiger partial charge in [0, 0.05) is 6.04 Å². The Kier molecular flexibility index (Phi) is 4.33. The summed E-state index contributed by atoms with van der Waals surface area (Å²) in [6.45, 7) is 2.70. The lowest BCUT2D eigenvalue weighted by atomic mass is 10.0. The SMILES string of the molecule is CCNC(Cc1cc(F)ccc1F)c1cnns1. The zero-order valence-corrected chi connectivity index (χ0v) is 10.7. The molecule has 2 aromatic rings. The van der Waals surface area contributed by atoms with E-state index in [0.717, 1.165) is 23.6 Å². The Balaban J connectivity index is 2.21. The molecular weight excluding hydrogens is 256 g/mol. The molecule has 1 heterocycles. The topological polar surface area (TPSA) is 37.8 Å². The van der Waals surface area contributed by atoms with Crippen molar-refractivity contribution in [3.05, 3.63) is 46.5 Å². The van der Waals surface area contributed by atoms with Crippen molar-refractivity contribution in [3.63, 3.8) is 0 Å². The van der Waals surface area contributed by atoms with E-state index in [2.05, 4.69) is 14.9 Å². The molecule has 0 saturated heterocycles. The van der Waals surface area contributed by atoms with Crippen molar-refractivity contribution >= 4 is 11.5 Å². The van der Waals surface area contributed by atoms with E-state index in [1.807, 2.05) is 6.92 Å². The van der Waals surface area contributed by atoms with E-state index in [-0.39, 0.29) is 6.04 Å². The third-order valence-corrected chi connectivity index (χ3v) is 3.38. The number of nitrogens with one attached hydrogen (secondary N) is 1. The molecule has 6 heteroatoms. The zero-order valence-electron chi connectivity index (χ0n) is 9.86. The summed E-state index contributed by atoms with van der Waals surface area (Å²) in [6.07, 6.45) is 2.02. The minimum Gasteiger partial charge on any atom is -0.309 e. The second kappa shape index (κ2) is 5.97. The van der Waals surface area contributed by atoms with Gasteiger partial charge >= 0.3 is 0 Å². The quantitative estimate of drug-likeness (QED) is 0.907. The van der Waals surface area contributed by atoms with Gasteiger partial charge in [0.15, 0.2) is 0 Å². The third kappa shape index (κ3) is 3.08. The molecule has 18 heavy (non-hydrogen) atoms. The molecule has 1 aromatic heterocycles. The molecular formula is C12H13F2N3S. The van der Waals surface area contributed by atoms with E-state index in [1.54, 1.807) is 6.20 Å². The van der Waals surface area contributed by atoms with Gasteiger partial charge in [0.1, 0.15) is 11.6 Å². The molecule has 0 spiro atoms. The number of nitrogens with zero attached hydrogens (tertiary/aromatic N) is 2. The molecule has 1 N–H and O–H groups in total. The lowest BCUT2D eigenvalue weighted by molar-refractivity contribution is 0.527. The van der Waals surface area contributed by atoms with Crippen molar-refractivity contribution in [2.24, 2.45) is 0 Å². The van der Waals surface area contributed by atoms with Crippen molar-refractivity contribution in [1.29, 1.82) is 0 Å². The average Bonchev–Trinajstić information content (AvgIpc) is 2.87. The first-order valence-electron chi connectivity index (χ1n) is 5.65. The minimum absolute atomic E-state index is 0.0914. The van der Waals surface area contributed by atoms with Gasteiger partial charge in [0.25, 0.3) is 0 Å².